The second kappa shape index (κ2) is 8.34. The van der Waals surface area contributed by atoms with Crippen LogP contribution in [-0.4, -0.2) is 0 Å². The minimum atomic E-state index is 0.990. The van der Waals surface area contributed by atoms with Crippen molar-refractivity contribution >= 4 is 52.3 Å². The number of anilines is 3. The van der Waals surface area contributed by atoms with Gasteiger partial charge in [0.05, 0.1) is 17.1 Å². The number of nitrogens with zero attached hydrogens (tertiary/aromatic N) is 1. The Morgan fingerprint density at radius 3 is 1.13 bits per heavy atom. The molecule has 4 bridgehead atoms. The molecule has 0 radical (unpaired) electrons. The number of fused-ring (bicyclic) bond motifs is 3. The number of rotatable bonds is 0. The average molecular weight is 456 g/mol. The molecule has 1 nitrogen and oxygen atoms in total. The number of para-hydroxylation sites is 3. The second-order valence-corrected chi connectivity index (χ2v) is 10.8. The first-order chi connectivity index (χ1) is 15.3. The van der Waals surface area contributed by atoms with Crippen LogP contribution in [0, 0.1) is 0 Å². The summed E-state index contributed by atoms with van der Waals surface area (Å²) in [5.41, 5.74) is 8.02. The Labute approximate surface area is 196 Å². The minimum Gasteiger partial charge on any atom is -0.307 e. The maximum Gasteiger partial charge on any atom is 0.0598 e. The van der Waals surface area contributed by atoms with Crippen LogP contribution in [0.15, 0.2) is 106 Å². The van der Waals surface area contributed by atoms with E-state index in [4.69, 9.17) is 0 Å². The molecule has 4 aromatic carbocycles. The SMILES string of the molecule is c1ccc2c(c1)SCc1cc3cc(c1)CSc1ccccc1N2c1ccccc1SC3. The van der Waals surface area contributed by atoms with Crippen LogP contribution in [0.2, 0.25) is 0 Å². The van der Waals surface area contributed by atoms with Crippen molar-refractivity contribution in [2.75, 3.05) is 4.90 Å². The van der Waals surface area contributed by atoms with Gasteiger partial charge in [0.1, 0.15) is 0 Å². The van der Waals surface area contributed by atoms with Gasteiger partial charge in [-0.1, -0.05) is 54.6 Å². The highest BCUT2D eigenvalue weighted by Crippen LogP contribution is 2.48. The first-order valence-electron chi connectivity index (χ1n) is 10.4. The molecule has 4 heteroatoms. The number of thioether (sulfide) groups is 3. The molecular formula is C27H21NS3. The van der Waals surface area contributed by atoms with E-state index in [1.807, 2.05) is 35.3 Å². The molecule has 31 heavy (non-hydrogen) atoms. The molecule has 0 saturated heterocycles. The molecule has 3 aliphatic heterocycles. The summed E-state index contributed by atoms with van der Waals surface area (Å²) in [4.78, 5) is 6.43. The Morgan fingerprint density at radius 1 is 0.452 bits per heavy atom. The van der Waals surface area contributed by atoms with Gasteiger partial charge >= 0.3 is 0 Å². The third-order valence-corrected chi connectivity index (χ3v) is 9.02. The summed E-state index contributed by atoms with van der Waals surface area (Å²) in [5, 5.41) is 0. The molecule has 152 valence electrons. The van der Waals surface area contributed by atoms with Gasteiger partial charge in [-0.25, -0.2) is 0 Å². The third kappa shape index (κ3) is 3.78. The Bertz CT molecular complexity index is 1100. The highest BCUT2D eigenvalue weighted by atomic mass is 32.2. The van der Waals surface area contributed by atoms with E-state index < -0.39 is 0 Å². The third-order valence-electron chi connectivity index (χ3n) is 5.61. The predicted molar refractivity (Wildman–Crippen MR) is 136 cm³/mol. The number of hydrogen-bond acceptors (Lipinski definition) is 4. The molecule has 0 aromatic heterocycles. The fourth-order valence-corrected chi connectivity index (χ4v) is 7.17. The molecule has 0 fully saturated rings. The molecule has 0 unspecified atom stereocenters. The molecule has 3 aliphatic rings. The lowest BCUT2D eigenvalue weighted by atomic mass is 10.1. The summed E-state index contributed by atoms with van der Waals surface area (Å²) < 4.78 is 0. The van der Waals surface area contributed by atoms with Gasteiger partial charge in [0.25, 0.3) is 0 Å². The molecule has 0 spiro atoms. The van der Waals surface area contributed by atoms with Crippen LogP contribution in [0.5, 0.6) is 0 Å². The van der Waals surface area contributed by atoms with Crippen LogP contribution in [0.3, 0.4) is 0 Å². The quantitative estimate of drug-likeness (QED) is 0.261. The monoisotopic (exact) mass is 455 g/mol. The van der Waals surface area contributed by atoms with Crippen LogP contribution in [0.4, 0.5) is 17.1 Å². The van der Waals surface area contributed by atoms with E-state index in [2.05, 4.69) is 95.9 Å². The maximum absolute atomic E-state index is 2.48. The van der Waals surface area contributed by atoms with E-state index in [1.54, 1.807) is 0 Å². The normalized spacial score (nSPS) is 14.9. The van der Waals surface area contributed by atoms with Crippen molar-refractivity contribution in [3.8, 4) is 0 Å². The van der Waals surface area contributed by atoms with Gasteiger partial charge in [-0.05, 0) is 53.1 Å². The lowest BCUT2D eigenvalue weighted by Gasteiger charge is -2.31. The highest BCUT2D eigenvalue weighted by Gasteiger charge is 2.23. The topological polar surface area (TPSA) is 3.24 Å². The summed E-state index contributed by atoms with van der Waals surface area (Å²) >= 11 is 5.82. The molecule has 0 N–H and O–H groups in total. The Kier molecular flexibility index (Phi) is 5.23. The largest absolute Gasteiger partial charge is 0.307 e. The van der Waals surface area contributed by atoms with Crippen molar-refractivity contribution in [1.82, 2.24) is 0 Å². The molecular weight excluding hydrogens is 435 g/mol. The van der Waals surface area contributed by atoms with Crippen LogP contribution in [-0.2, 0) is 17.3 Å². The predicted octanol–water partition coefficient (Wildman–Crippen LogP) is 8.66. The van der Waals surface area contributed by atoms with Gasteiger partial charge in [0.2, 0.25) is 0 Å². The number of hydrogen-bond donors (Lipinski definition) is 0. The minimum absolute atomic E-state index is 0.990. The van der Waals surface area contributed by atoms with Crippen molar-refractivity contribution in [2.45, 2.75) is 31.9 Å². The van der Waals surface area contributed by atoms with E-state index in [1.165, 1.54) is 48.4 Å². The summed E-state index contributed by atoms with van der Waals surface area (Å²) in [7, 11) is 0. The zero-order valence-corrected chi connectivity index (χ0v) is 19.4. The Morgan fingerprint density at radius 2 is 0.774 bits per heavy atom. The van der Waals surface area contributed by atoms with Crippen molar-refractivity contribution in [2.24, 2.45) is 0 Å². The van der Waals surface area contributed by atoms with E-state index in [9.17, 15) is 0 Å². The Hall–Kier alpha value is -2.27. The molecule has 3 heterocycles. The highest BCUT2D eigenvalue weighted by molar-refractivity contribution is 7.99. The van der Waals surface area contributed by atoms with Gasteiger partial charge in [-0.3, -0.25) is 0 Å². The van der Waals surface area contributed by atoms with Crippen molar-refractivity contribution in [3.05, 3.63) is 108 Å². The second-order valence-electron chi connectivity index (χ2n) is 7.76. The smallest absolute Gasteiger partial charge is 0.0598 e. The number of benzene rings is 4. The van der Waals surface area contributed by atoms with Gasteiger partial charge in [-0.15, -0.1) is 35.3 Å². The van der Waals surface area contributed by atoms with E-state index >= 15 is 0 Å². The summed E-state index contributed by atoms with van der Waals surface area (Å²) in [6, 6.07) is 33.8. The van der Waals surface area contributed by atoms with Crippen LogP contribution < -0.4 is 4.90 Å². The average Bonchev–Trinajstić information content (AvgIpc) is 2.81. The molecule has 4 aromatic rings. The van der Waals surface area contributed by atoms with E-state index in [0.29, 0.717) is 0 Å². The molecule has 0 aliphatic carbocycles. The molecule has 0 saturated carbocycles. The van der Waals surface area contributed by atoms with Gasteiger partial charge in [0.15, 0.2) is 0 Å². The first-order valence-corrected chi connectivity index (χ1v) is 13.4. The molecule has 0 amide bonds. The summed E-state index contributed by atoms with van der Waals surface area (Å²) in [6.07, 6.45) is 0. The van der Waals surface area contributed by atoms with Crippen LogP contribution in [0.25, 0.3) is 0 Å². The van der Waals surface area contributed by atoms with Crippen LogP contribution >= 0.6 is 35.3 Å². The fraction of sp³-hybridized carbons (Fsp3) is 0.111. The van der Waals surface area contributed by atoms with Crippen molar-refractivity contribution in [1.29, 1.82) is 0 Å². The zero-order valence-electron chi connectivity index (χ0n) is 17.0. The fourth-order valence-electron chi connectivity index (χ4n) is 4.25. The zero-order chi connectivity index (χ0) is 20.6. The summed E-state index contributed by atoms with van der Waals surface area (Å²) in [5.74, 6) is 2.97. The lowest BCUT2D eigenvalue weighted by Crippen LogP contribution is -2.13. The summed E-state index contributed by atoms with van der Waals surface area (Å²) in [6.45, 7) is 0. The van der Waals surface area contributed by atoms with Crippen LogP contribution in [0.1, 0.15) is 16.7 Å². The van der Waals surface area contributed by atoms with Gasteiger partial charge in [0, 0.05) is 31.9 Å². The Balaban J connectivity index is 1.70. The molecule has 7 rings (SSSR count). The van der Waals surface area contributed by atoms with Crippen molar-refractivity contribution < 1.29 is 0 Å². The van der Waals surface area contributed by atoms with Gasteiger partial charge in [-0.2, -0.15) is 0 Å². The first kappa shape index (κ1) is 19.4. The standard InChI is InChI=1S/C27H21NS3/c1-4-10-25-22(7-1)28-23-8-2-5-11-26(23)30-17-20-13-19(16-29-25)14-21(15-20)18-31-27-12-6-3-9-24(27)28/h1-15H,16-18H2. The van der Waals surface area contributed by atoms with Gasteiger partial charge < -0.3 is 4.90 Å². The van der Waals surface area contributed by atoms with E-state index in [0.717, 1.165) is 17.3 Å². The maximum atomic E-state index is 2.48. The van der Waals surface area contributed by atoms with E-state index in [-0.39, 0.29) is 0 Å². The molecule has 0 atom stereocenters. The van der Waals surface area contributed by atoms with Crippen molar-refractivity contribution in [3.63, 3.8) is 0 Å². The lowest BCUT2D eigenvalue weighted by molar-refractivity contribution is 1.15.